The van der Waals surface area contributed by atoms with Crippen LogP contribution in [0.3, 0.4) is 0 Å². The highest BCUT2D eigenvalue weighted by atomic mass is 16.4. The number of aromatic nitrogens is 2. The minimum atomic E-state index is -0.682. The Bertz CT molecular complexity index is 494. The van der Waals surface area contributed by atoms with Crippen molar-refractivity contribution >= 4 is 11.8 Å². The lowest BCUT2D eigenvalue weighted by Crippen LogP contribution is -2.37. The molecular formula is C16H25N3O2. The van der Waals surface area contributed by atoms with Gasteiger partial charge in [0.2, 0.25) is 0 Å². The third-order valence-corrected chi connectivity index (χ3v) is 4.38. The second kappa shape index (κ2) is 6.87. The van der Waals surface area contributed by atoms with Crippen LogP contribution in [0, 0.1) is 12.3 Å². The molecule has 0 bridgehead atoms. The Morgan fingerprint density at radius 2 is 1.95 bits per heavy atom. The van der Waals surface area contributed by atoms with Crippen molar-refractivity contribution in [1.29, 1.82) is 0 Å². The second-order valence-corrected chi connectivity index (χ2v) is 6.00. The molecule has 0 atom stereocenters. The van der Waals surface area contributed by atoms with E-state index in [0.717, 1.165) is 62.3 Å². The molecule has 1 heterocycles. The number of aryl methyl sites for hydroxylation is 2. The standard InChI is InChI=1S/C16H25N3O2/c1-3-13-10-14(19-12(2)18-13)17-11-16(15(20)21)8-6-4-5-7-9-16/h10H,3-9,11H2,1-2H3,(H,20,21)(H,17,18,19). The number of anilines is 1. The summed E-state index contributed by atoms with van der Waals surface area (Å²) >= 11 is 0. The molecule has 5 nitrogen and oxygen atoms in total. The van der Waals surface area contributed by atoms with E-state index in [9.17, 15) is 9.90 Å². The van der Waals surface area contributed by atoms with Gasteiger partial charge in [0.15, 0.2) is 0 Å². The average molecular weight is 291 g/mol. The Morgan fingerprint density at radius 1 is 1.29 bits per heavy atom. The van der Waals surface area contributed by atoms with Gasteiger partial charge in [0.25, 0.3) is 0 Å². The van der Waals surface area contributed by atoms with Crippen LogP contribution in [0.1, 0.15) is 57.0 Å². The first-order valence-corrected chi connectivity index (χ1v) is 7.87. The van der Waals surface area contributed by atoms with Crippen molar-refractivity contribution in [1.82, 2.24) is 9.97 Å². The Hall–Kier alpha value is -1.65. The number of nitrogens with one attached hydrogen (secondary N) is 1. The Labute approximate surface area is 126 Å². The molecule has 1 aliphatic rings. The van der Waals surface area contributed by atoms with Gasteiger partial charge in [-0.1, -0.05) is 32.6 Å². The van der Waals surface area contributed by atoms with Crippen LogP contribution < -0.4 is 5.32 Å². The van der Waals surface area contributed by atoms with Crippen LogP contribution in [0.2, 0.25) is 0 Å². The molecule has 2 N–H and O–H groups in total. The van der Waals surface area contributed by atoms with Crippen LogP contribution in [-0.4, -0.2) is 27.6 Å². The molecule has 1 aromatic heterocycles. The topological polar surface area (TPSA) is 75.1 Å². The smallest absolute Gasteiger partial charge is 0.311 e. The maximum atomic E-state index is 11.8. The van der Waals surface area contributed by atoms with Gasteiger partial charge in [-0.25, -0.2) is 9.97 Å². The van der Waals surface area contributed by atoms with Gasteiger partial charge in [0.1, 0.15) is 11.6 Å². The van der Waals surface area contributed by atoms with E-state index in [2.05, 4.69) is 22.2 Å². The fourth-order valence-corrected chi connectivity index (χ4v) is 3.03. The summed E-state index contributed by atoms with van der Waals surface area (Å²) in [6, 6.07) is 1.92. The van der Waals surface area contributed by atoms with Gasteiger partial charge in [-0.15, -0.1) is 0 Å². The number of hydrogen-bond donors (Lipinski definition) is 2. The highest BCUT2D eigenvalue weighted by molar-refractivity contribution is 5.75. The van der Waals surface area contributed by atoms with Crippen molar-refractivity contribution in [2.24, 2.45) is 5.41 Å². The third-order valence-electron chi connectivity index (χ3n) is 4.38. The first-order valence-electron chi connectivity index (χ1n) is 7.87. The molecule has 0 aliphatic heterocycles. The number of carboxylic acids is 1. The molecule has 0 saturated heterocycles. The number of nitrogens with zero attached hydrogens (tertiary/aromatic N) is 2. The van der Waals surface area contributed by atoms with Crippen LogP contribution >= 0.6 is 0 Å². The summed E-state index contributed by atoms with van der Waals surface area (Å²) in [4.78, 5) is 20.5. The molecule has 0 radical (unpaired) electrons. The Balaban J connectivity index is 2.11. The maximum absolute atomic E-state index is 11.8. The zero-order valence-electron chi connectivity index (χ0n) is 13.0. The molecule has 5 heteroatoms. The van der Waals surface area contributed by atoms with Crippen LogP contribution in [0.15, 0.2) is 6.07 Å². The van der Waals surface area contributed by atoms with Gasteiger partial charge in [-0.2, -0.15) is 0 Å². The lowest BCUT2D eigenvalue weighted by Gasteiger charge is -2.28. The van der Waals surface area contributed by atoms with Gasteiger partial charge in [0, 0.05) is 18.3 Å². The highest BCUT2D eigenvalue weighted by Crippen LogP contribution is 2.35. The first-order chi connectivity index (χ1) is 10.1. The predicted molar refractivity (Wildman–Crippen MR) is 82.4 cm³/mol. The van der Waals surface area contributed by atoms with E-state index < -0.39 is 11.4 Å². The van der Waals surface area contributed by atoms with Crippen molar-refractivity contribution in [3.8, 4) is 0 Å². The zero-order valence-corrected chi connectivity index (χ0v) is 13.0. The summed E-state index contributed by atoms with van der Waals surface area (Å²) in [6.45, 7) is 4.36. The number of carbonyl (C=O) groups is 1. The van der Waals surface area contributed by atoms with Crippen molar-refractivity contribution in [3.05, 3.63) is 17.6 Å². The molecule has 1 fully saturated rings. The third kappa shape index (κ3) is 3.93. The summed E-state index contributed by atoms with van der Waals surface area (Å²) in [7, 11) is 0. The summed E-state index contributed by atoms with van der Waals surface area (Å²) < 4.78 is 0. The molecule has 2 rings (SSSR count). The molecule has 1 aliphatic carbocycles. The Morgan fingerprint density at radius 3 is 2.52 bits per heavy atom. The largest absolute Gasteiger partial charge is 0.481 e. The molecule has 0 spiro atoms. The normalized spacial score (nSPS) is 18.0. The van der Waals surface area contributed by atoms with E-state index in [0.29, 0.717) is 6.54 Å². The van der Waals surface area contributed by atoms with Gasteiger partial charge in [-0.3, -0.25) is 4.79 Å². The van der Waals surface area contributed by atoms with Crippen molar-refractivity contribution < 1.29 is 9.90 Å². The Kier molecular flexibility index (Phi) is 5.15. The number of aliphatic carboxylic acids is 1. The van der Waals surface area contributed by atoms with Crippen molar-refractivity contribution in [2.45, 2.75) is 58.8 Å². The first kappa shape index (κ1) is 15.7. The molecule has 0 unspecified atom stereocenters. The van der Waals surface area contributed by atoms with Gasteiger partial charge in [-0.05, 0) is 26.2 Å². The zero-order chi connectivity index (χ0) is 15.3. The van der Waals surface area contributed by atoms with E-state index in [1.165, 1.54) is 0 Å². The molecular weight excluding hydrogens is 266 g/mol. The van der Waals surface area contributed by atoms with Crippen LogP contribution in [0.4, 0.5) is 5.82 Å². The fraction of sp³-hybridized carbons (Fsp3) is 0.688. The molecule has 21 heavy (non-hydrogen) atoms. The van der Waals surface area contributed by atoms with Gasteiger partial charge >= 0.3 is 5.97 Å². The molecule has 1 aromatic rings. The lowest BCUT2D eigenvalue weighted by molar-refractivity contribution is -0.149. The summed E-state index contributed by atoms with van der Waals surface area (Å²) in [5, 5.41) is 12.9. The quantitative estimate of drug-likeness (QED) is 0.815. The van der Waals surface area contributed by atoms with Crippen LogP contribution in [0.5, 0.6) is 0 Å². The number of hydrogen-bond acceptors (Lipinski definition) is 4. The summed E-state index contributed by atoms with van der Waals surface area (Å²) in [5.41, 5.74) is 0.331. The van der Waals surface area contributed by atoms with E-state index >= 15 is 0 Å². The van der Waals surface area contributed by atoms with Crippen LogP contribution in [-0.2, 0) is 11.2 Å². The van der Waals surface area contributed by atoms with E-state index in [1.807, 2.05) is 13.0 Å². The lowest BCUT2D eigenvalue weighted by atomic mass is 9.80. The van der Waals surface area contributed by atoms with Crippen LogP contribution in [0.25, 0.3) is 0 Å². The molecule has 1 saturated carbocycles. The summed E-state index contributed by atoms with van der Waals surface area (Å²) in [5.74, 6) is 0.782. The second-order valence-electron chi connectivity index (χ2n) is 6.00. The van der Waals surface area contributed by atoms with Gasteiger partial charge < -0.3 is 10.4 Å². The van der Waals surface area contributed by atoms with Gasteiger partial charge in [0.05, 0.1) is 5.41 Å². The van der Waals surface area contributed by atoms with Crippen molar-refractivity contribution in [2.75, 3.05) is 11.9 Å². The minimum absolute atomic E-state index is 0.446. The van der Waals surface area contributed by atoms with E-state index in [4.69, 9.17) is 0 Å². The molecule has 0 amide bonds. The summed E-state index contributed by atoms with van der Waals surface area (Å²) in [6.07, 6.45) is 6.62. The average Bonchev–Trinajstić information content (AvgIpc) is 2.71. The maximum Gasteiger partial charge on any atom is 0.311 e. The van der Waals surface area contributed by atoms with E-state index in [-0.39, 0.29) is 0 Å². The SMILES string of the molecule is CCc1cc(NCC2(C(=O)O)CCCCCC2)nc(C)n1. The molecule has 0 aromatic carbocycles. The highest BCUT2D eigenvalue weighted by Gasteiger charge is 2.38. The minimum Gasteiger partial charge on any atom is -0.481 e. The predicted octanol–water partition coefficient (Wildman–Crippen LogP) is 3.18. The number of rotatable bonds is 5. The fourth-order valence-electron chi connectivity index (χ4n) is 3.03. The van der Waals surface area contributed by atoms with Crippen molar-refractivity contribution in [3.63, 3.8) is 0 Å². The molecule has 116 valence electrons. The van der Waals surface area contributed by atoms with E-state index in [1.54, 1.807) is 0 Å². The monoisotopic (exact) mass is 291 g/mol. The number of carboxylic acid groups (broad SMARTS) is 1.